The van der Waals surface area contributed by atoms with Crippen LogP contribution in [0.5, 0.6) is 11.5 Å². The van der Waals surface area contributed by atoms with Gasteiger partial charge in [0.05, 0.1) is 17.8 Å². The molecule has 0 radical (unpaired) electrons. The van der Waals surface area contributed by atoms with Gasteiger partial charge in [-0.2, -0.15) is 5.10 Å². The number of nitrogens with one attached hydrogen (secondary N) is 1. The van der Waals surface area contributed by atoms with Crippen LogP contribution in [-0.4, -0.2) is 23.8 Å². The first-order chi connectivity index (χ1) is 12.0. The molecule has 8 heteroatoms. The molecule has 2 N–H and O–H groups in total. The lowest BCUT2D eigenvalue weighted by atomic mass is 10.2. The lowest BCUT2D eigenvalue weighted by Gasteiger charge is -2.07. The van der Waals surface area contributed by atoms with Crippen molar-refractivity contribution in [3.05, 3.63) is 56.5 Å². The SMILES string of the molecule is O=C(CCCOc1ccc(Cl)cc1Cl)N/N=C/c1cc(Br)ccc1O. The Labute approximate surface area is 163 Å². The predicted molar refractivity (Wildman–Crippen MR) is 103 cm³/mol. The number of rotatable bonds is 7. The third kappa shape index (κ3) is 6.57. The highest BCUT2D eigenvalue weighted by atomic mass is 79.9. The molecule has 25 heavy (non-hydrogen) atoms. The van der Waals surface area contributed by atoms with Gasteiger partial charge < -0.3 is 9.84 Å². The number of phenolic OH excluding ortho intramolecular Hbond substituents is 1. The van der Waals surface area contributed by atoms with Gasteiger partial charge in [0.2, 0.25) is 5.91 Å². The van der Waals surface area contributed by atoms with Gasteiger partial charge in [0, 0.05) is 21.5 Å². The summed E-state index contributed by atoms with van der Waals surface area (Å²) in [4.78, 5) is 11.7. The minimum absolute atomic E-state index is 0.0782. The van der Waals surface area contributed by atoms with Gasteiger partial charge in [-0.25, -0.2) is 5.43 Å². The predicted octanol–water partition coefficient (Wildman–Crippen LogP) is 4.77. The topological polar surface area (TPSA) is 70.9 Å². The molecule has 0 aliphatic rings. The van der Waals surface area contributed by atoms with Crippen LogP contribution in [0.15, 0.2) is 46.0 Å². The van der Waals surface area contributed by atoms with E-state index in [9.17, 15) is 9.90 Å². The molecule has 2 rings (SSSR count). The highest BCUT2D eigenvalue weighted by Crippen LogP contribution is 2.27. The van der Waals surface area contributed by atoms with Crippen molar-refractivity contribution in [2.24, 2.45) is 5.10 Å². The van der Waals surface area contributed by atoms with Crippen molar-refractivity contribution in [2.45, 2.75) is 12.8 Å². The average molecular weight is 446 g/mol. The zero-order chi connectivity index (χ0) is 18.2. The number of ether oxygens (including phenoxy) is 1. The number of hydrazone groups is 1. The van der Waals surface area contributed by atoms with Crippen LogP contribution in [0.3, 0.4) is 0 Å². The van der Waals surface area contributed by atoms with Gasteiger partial charge in [-0.3, -0.25) is 4.79 Å². The second-order valence-electron chi connectivity index (χ2n) is 5.02. The molecule has 132 valence electrons. The van der Waals surface area contributed by atoms with Crippen molar-refractivity contribution >= 4 is 51.3 Å². The van der Waals surface area contributed by atoms with E-state index in [1.165, 1.54) is 12.3 Å². The van der Waals surface area contributed by atoms with E-state index in [-0.39, 0.29) is 18.1 Å². The Morgan fingerprint density at radius 1 is 1.28 bits per heavy atom. The number of phenols is 1. The minimum atomic E-state index is -0.253. The van der Waals surface area contributed by atoms with Crippen molar-refractivity contribution in [1.82, 2.24) is 5.43 Å². The summed E-state index contributed by atoms with van der Waals surface area (Å²) < 4.78 is 6.30. The molecule has 0 aliphatic heterocycles. The second kappa shape index (κ2) is 9.65. The van der Waals surface area contributed by atoms with E-state index < -0.39 is 0 Å². The number of carbonyl (C=O) groups excluding carboxylic acids is 1. The smallest absolute Gasteiger partial charge is 0.240 e. The van der Waals surface area contributed by atoms with E-state index in [0.29, 0.717) is 34.4 Å². The number of halogens is 3. The normalized spacial score (nSPS) is 10.8. The van der Waals surface area contributed by atoms with Gasteiger partial charge >= 0.3 is 0 Å². The van der Waals surface area contributed by atoms with Crippen LogP contribution in [0.2, 0.25) is 10.0 Å². The molecule has 0 aromatic heterocycles. The first kappa shape index (κ1) is 19.6. The quantitative estimate of drug-likeness (QED) is 0.366. The fraction of sp³-hybridized carbons (Fsp3) is 0.176. The molecule has 0 spiro atoms. The van der Waals surface area contributed by atoms with E-state index >= 15 is 0 Å². The maximum atomic E-state index is 11.7. The number of nitrogens with zero attached hydrogens (tertiary/aromatic N) is 1. The van der Waals surface area contributed by atoms with E-state index in [1.807, 2.05) is 0 Å². The Bertz CT molecular complexity index is 784. The molecule has 0 saturated carbocycles. The summed E-state index contributed by atoms with van der Waals surface area (Å²) in [6.45, 7) is 0.338. The number of hydrogen-bond acceptors (Lipinski definition) is 4. The summed E-state index contributed by atoms with van der Waals surface area (Å²) in [5.74, 6) is 0.348. The summed E-state index contributed by atoms with van der Waals surface area (Å²) in [5, 5.41) is 14.4. The third-order valence-corrected chi connectivity index (χ3v) is 4.11. The fourth-order valence-electron chi connectivity index (χ4n) is 1.87. The van der Waals surface area contributed by atoms with Crippen LogP contribution in [0.1, 0.15) is 18.4 Å². The number of aromatic hydroxyl groups is 1. The summed E-state index contributed by atoms with van der Waals surface area (Å²) >= 11 is 15.1. The van der Waals surface area contributed by atoms with Gasteiger partial charge in [0.25, 0.3) is 0 Å². The highest BCUT2D eigenvalue weighted by Gasteiger charge is 2.04. The highest BCUT2D eigenvalue weighted by molar-refractivity contribution is 9.10. The lowest BCUT2D eigenvalue weighted by Crippen LogP contribution is -2.18. The molecule has 0 fully saturated rings. The Morgan fingerprint density at radius 2 is 2.08 bits per heavy atom. The van der Waals surface area contributed by atoms with Gasteiger partial charge in [0.15, 0.2) is 0 Å². The van der Waals surface area contributed by atoms with E-state index in [2.05, 4.69) is 26.5 Å². The average Bonchev–Trinajstić information content (AvgIpc) is 2.56. The van der Waals surface area contributed by atoms with Crippen LogP contribution in [-0.2, 0) is 4.79 Å². The summed E-state index contributed by atoms with van der Waals surface area (Å²) in [5.41, 5.74) is 2.90. The van der Waals surface area contributed by atoms with Crippen molar-refractivity contribution in [3.8, 4) is 11.5 Å². The maximum absolute atomic E-state index is 11.7. The standard InChI is InChI=1S/C17H15BrCl2N2O3/c18-12-3-5-15(23)11(8-12)10-21-22-17(24)2-1-7-25-16-6-4-13(19)9-14(16)20/h3-6,8-10,23H,1-2,7H2,(H,22,24)/b21-10+. The lowest BCUT2D eigenvalue weighted by molar-refractivity contribution is -0.121. The number of hydrogen-bond donors (Lipinski definition) is 2. The molecule has 0 atom stereocenters. The minimum Gasteiger partial charge on any atom is -0.507 e. The largest absolute Gasteiger partial charge is 0.507 e. The fourth-order valence-corrected chi connectivity index (χ4v) is 2.71. The summed E-state index contributed by atoms with van der Waals surface area (Å²) in [6.07, 6.45) is 2.12. The van der Waals surface area contributed by atoms with E-state index in [1.54, 1.807) is 30.3 Å². The Balaban J connectivity index is 1.72. The molecule has 1 amide bonds. The molecule has 0 saturated heterocycles. The number of amides is 1. The van der Waals surface area contributed by atoms with Crippen LogP contribution >= 0.6 is 39.1 Å². The Kier molecular flexibility index (Phi) is 7.55. The summed E-state index contributed by atoms with van der Waals surface area (Å²) in [6, 6.07) is 9.89. The van der Waals surface area contributed by atoms with Gasteiger partial charge in [-0.15, -0.1) is 0 Å². The van der Waals surface area contributed by atoms with Crippen LogP contribution in [0.4, 0.5) is 0 Å². The molecule has 0 heterocycles. The van der Waals surface area contributed by atoms with E-state index in [0.717, 1.165) is 4.47 Å². The summed E-state index contributed by atoms with van der Waals surface area (Å²) in [7, 11) is 0. The second-order valence-corrected chi connectivity index (χ2v) is 6.78. The maximum Gasteiger partial charge on any atom is 0.240 e. The molecule has 0 unspecified atom stereocenters. The van der Waals surface area contributed by atoms with Crippen molar-refractivity contribution in [3.63, 3.8) is 0 Å². The van der Waals surface area contributed by atoms with Gasteiger partial charge in [-0.05, 0) is 42.8 Å². The van der Waals surface area contributed by atoms with Crippen molar-refractivity contribution < 1.29 is 14.6 Å². The molecule has 5 nitrogen and oxygen atoms in total. The third-order valence-electron chi connectivity index (χ3n) is 3.08. The van der Waals surface area contributed by atoms with Crippen molar-refractivity contribution in [1.29, 1.82) is 0 Å². The van der Waals surface area contributed by atoms with Crippen LogP contribution in [0.25, 0.3) is 0 Å². The molecular weight excluding hydrogens is 431 g/mol. The van der Waals surface area contributed by atoms with Crippen LogP contribution < -0.4 is 10.2 Å². The number of benzene rings is 2. The van der Waals surface area contributed by atoms with Crippen molar-refractivity contribution in [2.75, 3.05) is 6.61 Å². The molecule has 0 bridgehead atoms. The van der Waals surface area contributed by atoms with Gasteiger partial charge in [-0.1, -0.05) is 39.1 Å². The number of carbonyl (C=O) groups is 1. The molecular formula is C17H15BrCl2N2O3. The molecule has 2 aromatic rings. The van der Waals surface area contributed by atoms with Crippen LogP contribution in [0, 0.1) is 0 Å². The monoisotopic (exact) mass is 444 g/mol. The zero-order valence-electron chi connectivity index (χ0n) is 13.0. The zero-order valence-corrected chi connectivity index (χ0v) is 16.1. The Morgan fingerprint density at radius 3 is 2.84 bits per heavy atom. The van der Waals surface area contributed by atoms with Gasteiger partial charge in [0.1, 0.15) is 11.5 Å². The Hall–Kier alpha value is -1.76. The first-order valence-corrected chi connectivity index (χ1v) is 8.89. The molecule has 0 aliphatic carbocycles. The first-order valence-electron chi connectivity index (χ1n) is 7.34. The van der Waals surface area contributed by atoms with E-state index in [4.69, 9.17) is 27.9 Å². The molecule has 2 aromatic carbocycles.